The summed E-state index contributed by atoms with van der Waals surface area (Å²) in [4.78, 5) is 7.66. The van der Waals surface area contributed by atoms with Crippen molar-refractivity contribution in [1.29, 1.82) is 0 Å². The summed E-state index contributed by atoms with van der Waals surface area (Å²) < 4.78 is 5.93. The Balaban J connectivity index is 0.00000155. The molecule has 0 radical (unpaired) electrons. The minimum atomic E-state index is 0.496. The maximum absolute atomic E-state index is 5.93. The summed E-state index contributed by atoms with van der Waals surface area (Å²) in [6, 6.07) is 10.7. The van der Waals surface area contributed by atoms with Crippen LogP contribution in [0.1, 0.15) is 72.3 Å². The molecule has 1 unspecified atom stereocenters. The molecule has 1 heterocycles. The van der Waals surface area contributed by atoms with E-state index in [4.69, 9.17) is 4.74 Å². The Hall–Kier alpha value is -1.10. The molecular weight excluding hydrogens is 370 g/mol. The molecule has 2 fully saturated rings. The third kappa shape index (κ3) is 7.25. The van der Waals surface area contributed by atoms with Crippen molar-refractivity contribution >= 4 is 5.69 Å². The lowest BCUT2D eigenvalue weighted by molar-refractivity contribution is -0.0476. The summed E-state index contributed by atoms with van der Waals surface area (Å²) in [6.07, 6.45) is 6.54. The average molecular weight is 418 g/mol. The predicted octanol–water partition coefficient (Wildman–Crippen LogP) is 5.41. The number of unbranched alkanes of at least 4 members (excludes halogenated alkanes) is 1. The van der Waals surface area contributed by atoms with Crippen molar-refractivity contribution in [2.75, 3.05) is 44.7 Å². The Bertz CT molecular complexity index is 562. The Morgan fingerprint density at radius 3 is 2.23 bits per heavy atom. The molecule has 1 aliphatic carbocycles. The van der Waals surface area contributed by atoms with Gasteiger partial charge in [0.1, 0.15) is 0 Å². The van der Waals surface area contributed by atoms with Gasteiger partial charge in [-0.05, 0) is 57.4 Å². The third-order valence-electron chi connectivity index (χ3n) is 6.81. The molecule has 1 aliphatic heterocycles. The summed E-state index contributed by atoms with van der Waals surface area (Å²) in [5.41, 5.74) is 2.79. The second-order valence-electron chi connectivity index (χ2n) is 8.83. The van der Waals surface area contributed by atoms with E-state index in [1.165, 1.54) is 56.4 Å². The fourth-order valence-corrected chi connectivity index (χ4v) is 4.34. The number of hydrogen-bond acceptors (Lipinski definition) is 4. The minimum absolute atomic E-state index is 0.496. The van der Waals surface area contributed by atoms with E-state index in [2.05, 4.69) is 66.8 Å². The lowest BCUT2D eigenvalue weighted by atomic mass is 9.88. The van der Waals surface area contributed by atoms with Crippen molar-refractivity contribution in [3.8, 4) is 0 Å². The fraction of sp³-hybridized carbons (Fsp3) is 0.769. The summed E-state index contributed by atoms with van der Waals surface area (Å²) in [7, 11) is 2.26. The van der Waals surface area contributed by atoms with Crippen LogP contribution in [-0.2, 0) is 11.3 Å². The normalized spacial score (nSPS) is 23.0. The molecule has 3 rings (SSSR count). The van der Waals surface area contributed by atoms with Crippen molar-refractivity contribution < 1.29 is 4.74 Å². The van der Waals surface area contributed by atoms with E-state index in [0.717, 1.165) is 26.2 Å². The summed E-state index contributed by atoms with van der Waals surface area (Å²) in [5, 5.41) is 0. The van der Waals surface area contributed by atoms with Crippen LogP contribution in [0.5, 0.6) is 0 Å². The highest BCUT2D eigenvalue weighted by Gasteiger charge is 2.32. The molecule has 0 spiro atoms. The van der Waals surface area contributed by atoms with E-state index in [9.17, 15) is 0 Å². The summed E-state index contributed by atoms with van der Waals surface area (Å²) in [5.74, 6) is 0. The van der Waals surface area contributed by atoms with Gasteiger partial charge >= 0.3 is 0 Å². The third-order valence-corrected chi connectivity index (χ3v) is 6.81. The van der Waals surface area contributed by atoms with Crippen LogP contribution in [0.25, 0.3) is 0 Å². The molecule has 0 bridgehead atoms. The van der Waals surface area contributed by atoms with Gasteiger partial charge in [-0.25, -0.2) is 0 Å². The van der Waals surface area contributed by atoms with Gasteiger partial charge in [0.05, 0.1) is 6.10 Å². The van der Waals surface area contributed by atoms with E-state index in [1.807, 2.05) is 13.8 Å². The molecule has 2 aliphatic rings. The molecule has 0 amide bonds. The molecule has 0 N–H and O–H groups in total. The SMILES string of the molecule is CC.CCCCOC1CC(N(C)Cc2ccc(N3CCN(C(C)CC)CC3)cc2)C1. The maximum atomic E-state index is 5.93. The zero-order chi connectivity index (χ0) is 21.9. The highest BCUT2D eigenvalue weighted by atomic mass is 16.5. The van der Waals surface area contributed by atoms with Crippen molar-refractivity contribution in [2.24, 2.45) is 0 Å². The lowest BCUT2D eigenvalue weighted by Crippen LogP contribution is -2.49. The first-order valence-corrected chi connectivity index (χ1v) is 12.5. The second kappa shape index (κ2) is 13.3. The molecule has 1 saturated heterocycles. The smallest absolute Gasteiger partial charge is 0.0605 e. The van der Waals surface area contributed by atoms with E-state index >= 15 is 0 Å². The van der Waals surface area contributed by atoms with Gasteiger partial charge in [0.2, 0.25) is 0 Å². The predicted molar refractivity (Wildman–Crippen MR) is 130 cm³/mol. The lowest BCUT2D eigenvalue weighted by Gasteiger charge is -2.41. The summed E-state index contributed by atoms with van der Waals surface area (Å²) >= 11 is 0. The molecule has 4 heteroatoms. The number of hydrogen-bond donors (Lipinski definition) is 0. The Kier molecular flexibility index (Phi) is 11.2. The minimum Gasteiger partial charge on any atom is -0.378 e. The van der Waals surface area contributed by atoms with Gasteiger partial charge in [-0.2, -0.15) is 0 Å². The van der Waals surface area contributed by atoms with Gasteiger partial charge in [0.25, 0.3) is 0 Å². The van der Waals surface area contributed by atoms with Crippen molar-refractivity contribution in [2.45, 2.75) is 91.5 Å². The van der Waals surface area contributed by atoms with E-state index < -0.39 is 0 Å². The standard InChI is InChI=1S/C24H41N3O.C2H6/c1-5-7-16-28-24-17-23(18-24)25(4)19-21-8-10-22(11-9-21)27-14-12-26(13-15-27)20(3)6-2;1-2/h8-11,20,23-24H,5-7,12-19H2,1-4H3;1-2H3. The van der Waals surface area contributed by atoms with Crippen LogP contribution < -0.4 is 4.90 Å². The van der Waals surface area contributed by atoms with Gasteiger partial charge in [0, 0.05) is 57.1 Å². The Morgan fingerprint density at radius 1 is 1.03 bits per heavy atom. The van der Waals surface area contributed by atoms with Gasteiger partial charge in [0.15, 0.2) is 0 Å². The average Bonchev–Trinajstić information content (AvgIpc) is 2.76. The molecule has 1 saturated carbocycles. The zero-order valence-electron chi connectivity index (χ0n) is 20.6. The maximum Gasteiger partial charge on any atom is 0.0605 e. The Labute approximate surface area is 186 Å². The van der Waals surface area contributed by atoms with Crippen LogP contribution in [-0.4, -0.2) is 67.8 Å². The first kappa shape index (κ1) is 25.2. The van der Waals surface area contributed by atoms with Crippen molar-refractivity contribution in [1.82, 2.24) is 9.80 Å². The summed E-state index contributed by atoms with van der Waals surface area (Å²) in [6.45, 7) is 17.5. The van der Waals surface area contributed by atoms with E-state index in [-0.39, 0.29) is 0 Å². The van der Waals surface area contributed by atoms with Gasteiger partial charge < -0.3 is 9.64 Å². The molecule has 172 valence electrons. The van der Waals surface area contributed by atoms with Crippen LogP contribution in [0, 0.1) is 0 Å². The number of piperazine rings is 1. The molecule has 0 aromatic heterocycles. The van der Waals surface area contributed by atoms with E-state index in [0.29, 0.717) is 18.2 Å². The van der Waals surface area contributed by atoms with Crippen molar-refractivity contribution in [3.05, 3.63) is 29.8 Å². The van der Waals surface area contributed by atoms with Crippen LogP contribution in [0.2, 0.25) is 0 Å². The zero-order valence-corrected chi connectivity index (χ0v) is 20.6. The van der Waals surface area contributed by atoms with Crippen LogP contribution in [0.3, 0.4) is 0 Å². The van der Waals surface area contributed by atoms with Gasteiger partial charge in [-0.3, -0.25) is 9.80 Å². The second-order valence-corrected chi connectivity index (χ2v) is 8.83. The molecule has 4 nitrogen and oxygen atoms in total. The topological polar surface area (TPSA) is 19.0 Å². The van der Waals surface area contributed by atoms with E-state index in [1.54, 1.807) is 0 Å². The molecule has 1 aromatic rings. The fourth-order valence-electron chi connectivity index (χ4n) is 4.34. The highest BCUT2D eigenvalue weighted by Crippen LogP contribution is 2.29. The first-order chi connectivity index (χ1) is 14.6. The van der Waals surface area contributed by atoms with Crippen molar-refractivity contribution in [3.63, 3.8) is 0 Å². The monoisotopic (exact) mass is 417 g/mol. The molecule has 1 atom stereocenters. The number of ether oxygens (including phenoxy) is 1. The largest absolute Gasteiger partial charge is 0.378 e. The molecule has 30 heavy (non-hydrogen) atoms. The number of rotatable bonds is 10. The van der Waals surface area contributed by atoms with Crippen LogP contribution >= 0.6 is 0 Å². The highest BCUT2D eigenvalue weighted by molar-refractivity contribution is 5.48. The van der Waals surface area contributed by atoms with Gasteiger partial charge in [-0.1, -0.05) is 46.2 Å². The van der Waals surface area contributed by atoms with Crippen LogP contribution in [0.15, 0.2) is 24.3 Å². The number of benzene rings is 1. The van der Waals surface area contributed by atoms with Crippen LogP contribution in [0.4, 0.5) is 5.69 Å². The van der Waals surface area contributed by atoms with Gasteiger partial charge in [-0.15, -0.1) is 0 Å². The number of anilines is 1. The first-order valence-electron chi connectivity index (χ1n) is 12.5. The number of nitrogens with zero attached hydrogens (tertiary/aromatic N) is 3. The Morgan fingerprint density at radius 2 is 1.67 bits per heavy atom. The quantitative estimate of drug-likeness (QED) is 0.474. The molecule has 1 aromatic carbocycles. The molecular formula is C26H47N3O.